The number of alkyl halides is 3. The molecule has 0 heterocycles. The zero-order valence-corrected chi connectivity index (χ0v) is 11.1. The van der Waals surface area contributed by atoms with Gasteiger partial charge in [0.15, 0.2) is 0 Å². The predicted molar refractivity (Wildman–Crippen MR) is 64.6 cm³/mol. The summed E-state index contributed by atoms with van der Waals surface area (Å²) in [5.74, 6) is 0.751. The molecule has 6 heteroatoms. The molecule has 108 valence electrons. The van der Waals surface area contributed by atoms with Crippen molar-refractivity contribution in [2.45, 2.75) is 32.0 Å². The lowest BCUT2D eigenvalue weighted by Crippen LogP contribution is -2.42. The van der Waals surface area contributed by atoms with Crippen LogP contribution in [0, 0.1) is 5.92 Å². The first-order chi connectivity index (χ1) is 8.38. The van der Waals surface area contributed by atoms with Crippen molar-refractivity contribution in [1.29, 1.82) is 0 Å². The van der Waals surface area contributed by atoms with Crippen LogP contribution in [-0.4, -0.2) is 57.0 Å². The molecule has 0 amide bonds. The maximum absolute atomic E-state index is 11.9. The first kappa shape index (κ1) is 15.7. The van der Waals surface area contributed by atoms with Gasteiger partial charge >= 0.3 is 6.18 Å². The Morgan fingerprint density at radius 2 is 2.06 bits per heavy atom. The standard InChI is InChI=1S/C12H23F3N2O/c1-10(7-16-9-12(13,14)15)17(2)5-6-18-8-11-3-4-11/h10-11,16H,3-9H2,1-2H3. The molecule has 0 aromatic heterocycles. The summed E-state index contributed by atoms with van der Waals surface area (Å²) in [5.41, 5.74) is 0. The van der Waals surface area contributed by atoms with Crippen LogP contribution in [-0.2, 0) is 4.74 Å². The van der Waals surface area contributed by atoms with Gasteiger partial charge in [-0.2, -0.15) is 13.2 Å². The molecular weight excluding hydrogens is 245 g/mol. The van der Waals surface area contributed by atoms with E-state index < -0.39 is 12.7 Å². The number of nitrogens with one attached hydrogen (secondary N) is 1. The van der Waals surface area contributed by atoms with Gasteiger partial charge in [0.2, 0.25) is 0 Å². The summed E-state index contributed by atoms with van der Waals surface area (Å²) in [6.07, 6.45) is -1.59. The molecule has 1 unspecified atom stereocenters. The van der Waals surface area contributed by atoms with Gasteiger partial charge in [0.1, 0.15) is 0 Å². The fourth-order valence-electron chi connectivity index (χ4n) is 1.54. The minimum Gasteiger partial charge on any atom is -0.380 e. The van der Waals surface area contributed by atoms with Crippen LogP contribution in [0.4, 0.5) is 13.2 Å². The van der Waals surface area contributed by atoms with Crippen molar-refractivity contribution in [2.75, 3.05) is 39.9 Å². The normalized spacial score (nSPS) is 18.3. The van der Waals surface area contributed by atoms with Gasteiger partial charge in [-0.1, -0.05) is 0 Å². The number of halogens is 3. The summed E-state index contributed by atoms with van der Waals surface area (Å²) >= 11 is 0. The van der Waals surface area contributed by atoms with Crippen LogP contribution < -0.4 is 5.32 Å². The van der Waals surface area contributed by atoms with Crippen molar-refractivity contribution >= 4 is 0 Å². The molecule has 1 fully saturated rings. The number of likely N-dealkylation sites (N-methyl/N-ethyl adjacent to an activating group) is 1. The third-order valence-corrected chi connectivity index (χ3v) is 3.16. The fraction of sp³-hybridized carbons (Fsp3) is 1.00. The first-order valence-electron chi connectivity index (χ1n) is 6.44. The SMILES string of the molecule is CC(CNCC(F)(F)F)N(C)CCOCC1CC1. The van der Waals surface area contributed by atoms with Crippen LogP contribution >= 0.6 is 0 Å². The topological polar surface area (TPSA) is 24.5 Å². The van der Waals surface area contributed by atoms with E-state index in [1.54, 1.807) is 0 Å². The fourth-order valence-corrected chi connectivity index (χ4v) is 1.54. The molecule has 0 spiro atoms. The van der Waals surface area contributed by atoms with Crippen LogP contribution in [0.25, 0.3) is 0 Å². The average Bonchev–Trinajstić information content (AvgIpc) is 3.06. The molecule has 1 aliphatic rings. The smallest absolute Gasteiger partial charge is 0.380 e. The Balaban J connectivity index is 1.98. The lowest BCUT2D eigenvalue weighted by Gasteiger charge is -2.25. The zero-order chi connectivity index (χ0) is 13.6. The van der Waals surface area contributed by atoms with Gasteiger partial charge in [-0.25, -0.2) is 0 Å². The first-order valence-corrected chi connectivity index (χ1v) is 6.44. The number of hydrogen-bond donors (Lipinski definition) is 1. The number of nitrogens with zero attached hydrogens (tertiary/aromatic N) is 1. The molecule has 0 bridgehead atoms. The predicted octanol–water partition coefficient (Wildman–Crippen LogP) is 1.89. The average molecular weight is 268 g/mol. The van der Waals surface area contributed by atoms with Crippen LogP contribution in [0.1, 0.15) is 19.8 Å². The minimum atomic E-state index is -4.13. The van der Waals surface area contributed by atoms with E-state index in [-0.39, 0.29) is 6.04 Å². The van der Waals surface area contributed by atoms with E-state index in [4.69, 9.17) is 4.74 Å². The summed E-state index contributed by atoms with van der Waals surface area (Å²) in [6.45, 7) is 3.54. The van der Waals surface area contributed by atoms with E-state index in [0.717, 1.165) is 19.1 Å². The number of rotatable bonds is 9. The Bertz CT molecular complexity index is 232. The van der Waals surface area contributed by atoms with Gasteiger partial charge in [0, 0.05) is 25.7 Å². The Kier molecular flexibility index (Phi) is 6.38. The molecule has 0 aromatic carbocycles. The van der Waals surface area contributed by atoms with Crippen molar-refractivity contribution in [3.05, 3.63) is 0 Å². The number of hydrogen-bond acceptors (Lipinski definition) is 3. The van der Waals surface area contributed by atoms with Gasteiger partial charge in [0.25, 0.3) is 0 Å². The lowest BCUT2D eigenvalue weighted by atomic mass is 10.3. The highest BCUT2D eigenvalue weighted by Crippen LogP contribution is 2.28. The highest BCUT2D eigenvalue weighted by atomic mass is 19.4. The Morgan fingerprint density at radius 1 is 1.39 bits per heavy atom. The second-order valence-electron chi connectivity index (χ2n) is 5.09. The second-order valence-corrected chi connectivity index (χ2v) is 5.09. The molecule has 0 aromatic rings. The molecule has 0 radical (unpaired) electrons. The maximum atomic E-state index is 11.9. The van der Waals surface area contributed by atoms with Crippen LogP contribution in [0.3, 0.4) is 0 Å². The van der Waals surface area contributed by atoms with Gasteiger partial charge in [-0.3, -0.25) is 0 Å². The summed E-state index contributed by atoms with van der Waals surface area (Å²) in [7, 11) is 1.90. The second kappa shape index (κ2) is 7.31. The largest absolute Gasteiger partial charge is 0.401 e. The molecule has 0 saturated heterocycles. The minimum absolute atomic E-state index is 0.0666. The van der Waals surface area contributed by atoms with Gasteiger partial charge < -0.3 is 15.0 Å². The summed E-state index contributed by atoms with van der Waals surface area (Å²) in [4.78, 5) is 2.01. The molecule has 3 nitrogen and oxygen atoms in total. The highest BCUT2D eigenvalue weighted by Gasteiger charge is 2.26. The summed E-state index contributed by atoms with van der Waals surface area (Å²) in [6, 6.07) is 0.0666. The zero-order valence-electron chi connectivity index (χ0n) is 11.1. The van der Waals surface area contributed by atoms with Crippen molar-refractivity contribution in [3.63, 3.8) is 0 Å². The van der Waals surface area contributed by atoms with Crippen molar-refractivity contribution in [1.82, 2.24) is 10.2 Å². The van der Waals surface area contributed by atoms with E-state index in [1.807, 2.05) is 18.9 Å². The van der Waals surface area contributed by atoms with Gasteiger partial charge in [-0.15, -0.1) is 0 Å². The Morgan fingerprint density at radius 3 is 2.61 bits per heavy atom. The third kappa shape index (κ3) is 7.89. The van der Waals surface area contributed by atoms with E-state index in [2.05, 4.69) is 5.32 Å². The monoisotopic (exact) mass is 268 g/mol. The molecule has 1 atom stereocenters. The number of ether oxygens (including phenoxy) is 1. The molecule has 0 aliphatic heterocycles. The van der Waals surface area contributed by atoms with Crippen molar-refractivity contribution in [3.8, 4) is 0 Å². The molecule has 1 rings (SSSR count). The van der Waals surface area contributed by atoms with E-state index >= 15 is 0 Å². The van der Waals surface area contributed by atoms with Gasteiger partial charge in [-0.05, 0) is 32.7 Å². The van der Waals surface area contributed by atoms with Gasteiger partial charge in [0.05, 0.1) is 13.2 Å². The van der Waals surface area contributed by atoms with E-state index in [9.17, 15) is 13.2 Å². The van der Waals surface area contributed by atoms with Crippen LogP contribution in [0.15, 0.2) is 0 Å². The van der Waals surface area contributed by atoms with E-state index in [0.29, 0.717) is 13.2 Å². The summed E-state index contributed by atoms with van der Waals surface area (Å²) in [5, 5.41) is 2.42. The summed E-state index contributed by atoms with van der Waals surface area (Å²) < 4.78 is 41.3. The molecular formula is C12H23F3N2O. The highest BCUT2D eigenvalue weighted by molar-refractivity contribution is 4.72. The molecule has 18 heavy (non-hydrogen) atoms. The third-order valence-electron chi connectivity index (χ3n) is 3.16. The van der Waals surface area contributed by atoms with Crippen LogP contribution in [0.5, 0.6) is 0 Å². The quantitative estimate of drug-likeness (QED) is 0.646. The molecule has 1 saturated carbocycles. The lowest BCUT2D eigenvalue weighted by molar-refractivity contribution is -0.125. The van der Waals surface area contributed by atoms with Crippen LogP contribution in [0.2, 0.25) is 0 Å². The molecule has 1 N–H and O–H groups in total. The Labute approximate surface area is 107 Å². The molecule has 1 aliphatic carbocycles. The van der Waals surface area contributed by atoms with Crippen molar-refractivity contribution < 1.29 is 17.9 Å². The maximum Gasteiger partial charge on any atom is 0.401 e. The van der Waals surface area contributed by atoms with Crippen molar-refractivity contribution in [2.24, 2.45) is 5.92 Å². The van der Waals surface area contributed by atoms with E-state index in [1.165, 1.54) is 12.8 Å². The Hall–Kier alpha value is -0.330.